The van der Waals surface area contributed by atoms with E-state index in [0.29, 0.717) is 12.8 Å². The fourth-order valence-corrected chi connectivity index (χ4v) is 5.96. The van der Waals surface area contributed by atoms with Gasteiger partial charge in [-0.3, -0.25) is 9.59 Å². The van der Waals surface area contributed by atoms with Gasteiger partial charge in [-0.2, -0.15) is 0 Å². The van der Waals surface area contributed by atoms with Crippen LogP contribution in [0.1, 0.15) is 63.5 Å². The third-order valence-electron chi connectivity index (χ3n) is 7.37. The topological polar surface area (TPSA) is 58.2 Å². The second kappa shape index (κ2) is 7.85. The highest BCUT2D eigenvalue weighted by Crippen LogP contribution is 2.63. The Hall–Kier alpha value is -1.90. The lowest BCUT2D eigenvalue weighted by Gasteiger charge is -2.37. The zero-order valence-corrected chi connectivity index (χ0v) is 18.2. The van der Waals surface area contributed by atoms with E-state index in [4.69, 9.17) is 11.6 Å². The zero-order valence-electron chi connectivity index (χ0n) is 17.4. The SMILES string of the molecule is CC(=O)N[C@@H]1C[C@@H](C(=O)N[C@H](c2c(F)ccc(Cl)c2F)C23CCC(F)(CC2)C3)CC1(F)F. The molecule has 0 aliphatic heterocycles. The van der Waals surface area contributed by atoms with Crippen LogP contribution in [0, 0.1) is 23.0 Å². The van der Waals surface area contributed by atoms with Gasteiger partial charge in [0, 0.05) is 24.8 Å². The minimum absolute atomic E-state index is 0.0195. The van der Waals surface area contributed by atoms with Crippen molar-refractivity contribution < 1.29 is 31.5 Å². The first-order valence-electron chi connectivity index (χ1n) is 10.6. The molecule has 0 unspecified atom stereocenters. The van der Waals surface area contributed by atoms with Gasteiger partial charge in [-0.05, 0) is 56.1 Å². The van der Waals surface area contributed by atoms with Crippen LogP contribution in [0.2, 0.25) is 5.02 Å². The molecule has 3 saturated carbocycles. The molecule has 0 spiro atoms. The highest BCUT2D eigenvalue weighted by molar-refractivity contribution is 6.30. The van der Waals surface area contributed by atoms with Gasteiger partial charge in [-0.15, -0.1) is 0 Å². The van der Waals surface area contributed by atoms with Gasteiger partial charge in [0.15, 0.2) is 0 Å². The second-order valence-corrected chi connectivity index (χ2v) is 9.95. The molecule has 2 bridgehead atoms. The summed E-state index contributed by atoms with van der Waals surface area (Å²) in [5.41, 5.74) is -2.87. The van der Waals surface area contributed by atoms with E-state index < -0.39 is 70.4 Å². The van der Waals surface area contributed by atoms with Crippen molar-refractivity contribution in [1.29, 1.82) is 0 Å². The van der Waals surface area contributed by atoms with Crippen molar-refractivity contribution in [2.45, 2.75) is 75.5 Å². The van der Waals surface area contributed by atoms with E-state index in [1.165, 1.54) is 0 Å². The normalized spacial score (nSPS) is 33.8. The third-order valence-corrected chi connectivity index (χ3v) is 7.67. The molecule has 4 nitrogen and oxygen atoms in total. The lowest BCUT2D eigenvalue weighted by Crippen LogP contribution is -2.43. The van der Waals surface area contributed by atoms with Crippen LogP contribution < -0.4 is 10.6 Å². The van der Waals surface area contributed by atoms with Crippen LogP contribution in [0.15, 0.2) is 12.1 Å². The van der Waals surface area contributed by atoms with Gasteiger partial charge in [0.25, 0.3) is 5.92 Å². The highest BCUT2D eigenvalue weighted by Gasteiger charge is 2.60. The molecule has 4 rings (SSSR count). The maximum absolute atomic E-state index is 15.0. The molecule has 0 heterocycles. The van der Waals surface area contributed by atoms with Crippen molar-refractivity contribution in [3.8, 4) is 0 Å². The molecule has 2 N–H and O–H groups in total. The average molecular weight is 479 g/mol. The van der Waals surface area contributed by atoms with Gasteiger partial charge < -0.3 is 10.6 Å². The maximum atomic E-state index is 15.0. The third kappa shape index (κ3) is 3.97. The number of fused-ring (bicyclic) bond motifs is 2. The Morgan fingerprint density at radius 3 is 2.34 bits per heavy atom. The predicted octanol–water partition coefficient (Wildman–Crippen LogP) is 5.00. The number of benzene rings is 1. The van der Waals surface area contributed by atoms with E-state index in [1.807, 2.05) is 0 Å². The smallest absolute Gasteiger partial charge is 0.268 e. The van der Waals surface area contributed by atoms with Crippen LogP contribution in [0.4, 0.5) is 22.0 Å². The Bertz CT molecular complexity index is 948. The molecule has 3 fully saturated rings. The number of carbonyl (C=O) groups excluding carboxylic acids is 2. The van der Waals surface area contributed by atoms with Crippen LogP contribution in [-0.4, -0.2) is 29.4 Å². The summed E-state index contributed by atoms with van der Waals surface area (Å²) in [4.78, 5) is 24.3. The van der Waals surface area contributed by atoms with E-state index >= 15 is 0 Å². The van der Waals surface area contributed by atoms with Gasteiger partial charge in [0.2, 0.25) is 11.8 Å². The lowest BCUT2D eigenvalue weighted by molar-refractivity contribution is -0.127. The van der Waals surface area contributed by atoms with Crippen LogP contribution in [0.3, 0.4) is 0 Å². The number of hydrogen-bond acceptors (Lipinski definition) is 2. The van der Waals surface area contributed by atoms with E-state index in [9.17, 15) is 31.5 Å². The number of alkyl halides is 3. The molecule has 176 valence electrons. The summed E-state index contributed by atoms with van der Waals surface area (Å²) < 4.78 is 73.4. The summed E-state index contributed by atoms with van der Waals surface area (Å²) in [6, 6.07) is -0.740. The molecule has 1 aromatic carbocycles. The summed E-state index contributed by atoms with van der Waals surface area (Å²) in [5, 5.41) is 4.39. The monoisotopic (exact) mass is 478 g/mol. The van der Waals surface area contributed by atoms with Gasteiger partial charge in [-0.1, -0.05) is 11.6 Å². The molecule has 0 saturated heterocycles. The molecule has 0 radical (unpaired) electrons. The van der Waals surface area contributed by atoms with E-state index in [0.717, 1.165) is 19.1 Å². The van der Waals surface area contributed by atoms with Crippen molar-refractivity contribution in [3.63, 3.8) is 0 Å². The number of rotatable bonds is 5. The Morgan fingerprint density at radius 1 is 1.12 bits per heavy atom. The van der Waals surface area contributed by atoms with Crippen molar-refractivity contribution in [2.24, 2.45) is 11.3 Å². The first-order valence-corrected chi connectivity index (χ1v) is 11.0. The Morgan fingerprint density at radius 2 is 1.78 bits per heavy atom. The van der Waals surface area contributed by atoms with Gasteiger partial charge in [0.1, 0.15) is 17.3 Å². The molecular formula is C22H24ClF5N2O2. The summed E-state index contributed by atoms with van der Waals surface area (Å²) in [7, 11) is 0. The van der Waals surface area contributed by atoms with Crippen molar-refractivity contribution >= 4 is 23.4 Å². The quantitative estimate of drug-likeness (QED) is 0.462. The van der Waals surface area contributed by atoms with E-state index in [1.54, 1.807) is 0 Å². The molecule has 3 aliphatic carbocycles. The van der Waals surface area contributed by atoms with Crippen molar-refractivity contribution in [1.82, 2.24) is 10.6 Å². The molecule has 32 heavy (non-hydrogen) atoms. The molecular weight excluding hydrogens is 455 g/mol. The molecule has 2 amide bonds. The number of nitrogens with one attached hydrogen (secondary N) is 2. The van der Waals surface area contributed by atoms with Crippen LogP contribution in [0.5, 0.6) is 0 Å². The van der Waals surface area contributed by atoms with Crippen LogP contribution in [-0.2, 0) is 9.59 Å². The molecule has 3 atom stereocenters. The first-order chi connectivity index (χ1) is 14.9. The Labute approximate surface area is 187 Å². The van der Waals surface area contributed by atoms with E-state index in [-0.39, 0.29) is 30.7 Å². The van der Waals surface area contributed by atoms with Crippen molar-refractivity contribution in [3.05, 3.63) is 34.4 Å². The minimum Gasteiger partial charge on any atom is -0.348 e. The molecule has 1 aromatic rings. The summed E-state index contributed by atoms with van der Waals surface area (Å²) >= 11 is 5.86. The standard InChI is InChI=1S/C22H24ClF5N2O2/c1-11(31)29-15-8-12(9-22(15,27)28)19(32)30-18(16-14(24)3-2-13(23)17(16)25)20-4-6-21(26,10-20)7-5-20/h2-3,12,15,18H,4-10H2,1H3,(H,29,31)(H,30,32)/t12-,15-,18-,20?,21?/m1/s1. The van der Waals surface area contributed by atoms with Gasteiger partial charge >= 0.3 is 0 Å². The number of amides is 2. The van der Waals surface area contributed by atoms with Crippen LogP contribution in [0.25, 0.3) is 0 Å². The van der Waals surface area contributed by atoms with Gasteiger partial charge in [0.05, 0.1) is 17.1 Å². The molecule has 10 heteroatoms. The van der Waals surface area contributed by atoms with E-state index in [2.05, 4.69) is 10.6 Å². The predicted molar refractivity (Wildman–Crippen MR) is 107 cm³/mol. The minimum atomic E-state index is -3.30. The van der Waals surface area contributed by atoms with Crippen molar-refractivity contribution in [2.75, 3.05) is 0 Å². The largest absolute Gasteiger partial charge is 0.348 e. The molecule has 3 aliphatic rings. The van der Waals surface area contributed by atoms with Crippen LogP contribution >= 0.6 is 11.6 Å². The maximum Gasteiger partial charge on any atom is 0.268 e. The lowest BCUT2D eigenvalue weighted by atomic mass is 9.74. The first kappa shape index (κ1) is 23.3. The van der Waals surface area contributed by atoms with Gasteiger partial charge in [-0.25, -0.2) is 22.0 Å². The second-order valence-electron chi connectivity index (χ2n) is 9.54. The Kier molecular flexibility index (Phi) is 5.71. The fourth-order valence-electron chi connectivity index (χ4n) is 5.79. The number of halogens is 6. The number of carbonyl (C=O) groups is 2. The highest BCUT2D eigenvalue weighted by atomic mass is 35.5. The Balaban J connectivity index is 1.65. The molecule has 0 aromatic heterocycles. The summed E-state index contributed by atoms with van der Waals surface area (Å²) in [6.45, 7) is 1.10. The summed E-state index contributed by atoms with van der Waals surface area (Å²) in [6.07, 6.45) is -0.0939. The summed E-state index contributed by atoms with van der Waals surface area (Å²) in [5.74, 6) is -7.93. The fraction of sp³-hybridized carbons (Fsp3) is 0.636. The number of hydrogen-bond donors (Lipinski definition) is 2. The average Bonchev–Trinajstić information content (AvgIpc) is 3.32. The zero-order chi connectivity index (χ0) is 23.5.